The number of methoxy groups -OCH3 is 1. The fraction of sp³-hybridized carbons (Fsp3) is 0.222. The van der Waals surface area contributed by atoms with E-state index in [0.29, 0.717) is 22.7 Å². The number of carboxylic acid groups (broad SMARTS) is 1. The Morgan fingerprint density at radius 3 is 2.62 bits per heavy atom. The van der Waals surface area contributed by atoms with Gasteiger partial charge < -0.3 is 19.7 Å². The number of hydrogen-bond donors (Lipinski definition) is 2. The monoisotopic (exact) mass is 329 g/mol. The van der Waals surface area contributed by atoms with E-state index in [1.165, 1.54) is 18.2 Å². The van der Waals surface area contributed by atoms with Crippen LogP contribution >= 0.6 is 0 Å². The number of ether oxygens (including phenoxy) is 2. The summed E-state index contributed by atoms with van der Waals surface area (Å²) >= 11 is 0. The lowest BCUT2D eigenvalue weighted by atomic mass is 10.1. The second-order valence-corrected chi connectivity index (χ2v) is 5.31. The minimum atomic E-state index is -1.21. The van der Waals surface area contributed by atoms with Crippen LogP contribution < -0.4 is 9.47 Å². The van der Waals surface area contributed by atoms with Gasteiger partial charge in [-0.05, 0) is 44.2 Å². The third-order valence-electron chi connectivity index (χ3n) is 3.15. The number of nitrogens with zero attached hydrogens (tertiary/aromatic N) is 1. The summed E-state index contributed by atoms with van der Waals surface area (Å²) in [4.78, 5) is 15.3. The molecule has 0 amide bonds. The molecule has 6 nitrogen and oxygen atoms in total. The van der Waals surface area contributed by atoms with E-state index >= 15 is 0 Å². The summed E-state index contributed by atoms with van der Waals surface area (Å²) in [5.41, 5.74) is 0.908. The van der Waals surface area contributed by atoms with Gasteiger partial charge in [-0.25, -0.2) is 4.79 Å². The fourth-order valence-electron chi connectivity index (χ4n) is 2.08. The first-order valence-corrected chi connectivity index (χ1v) is 7.36. The van der Waals surface area contributed by atoms with E-state index in [1.807, 2.05) is 26.0 Å². The van der Waals surface area contributed by atoms with Gasteiger partial charge in [-0.3, -0.25) is 4.99 Å². The number of aromatic carboxylic acids is 1. The summed E-state index contributed by atoms with van der Waals surface area (Å²) in [5.74, 6) is -0.359. The van der Waals surface area contributed by atoms with Crippen LogP contribution in [0, 0.1) is 0 Å². The van der Waals surface area contributed by atoms with Crippen molar-refractivity contribution in [3.63, 3.8) is 0 Å². The Morgan fingerprint density at radius 2 is 2.00 bits per heavy atom. The van der Waals surface area contributed by atoms with Gasteiger partial charge in [0.05, 0.1) is 18.9 Å². The van der Waals surface area contributed by atoms with Crippen molar-refractivity contribution in [3.8, 4) is 17.2 Å². The van der Waals surface area contributed by atoms with Crippen molar-refractivity contribution in [2.24, 2.45) is 4.99 Å². The molecule has 2 rings (SSSR count). The molecule has 2 aromatic carbocycles. The molecular formula is C18H19NO5. The Labute approximate surface area is 140 Å². The van der Waals surface area contributed by atoms with E-state index in [-0.39, 0.29) is 17.4 Å². The third kappa shape index (κ3) is 4.04. The van der Waals surface area contributed by atoms with Gasteiger partial charge in [-0.1, -0.05) is 6.07 Å². The molecule has 0 saturated heterocycles. The number of rotatable bonds is 6. The van der Waals surface area contributed by atoms with Gasteiger partial charge >= 0.3 is 5.97 Å². The van der Waals surface area contributed by atoms with Gasteiger partial charge in [0, 0.05) is 11.8 Å². The van der Waals surface area contributed by atoms with Crippen LogP contribution in [0.5, 0.6) is 17.2 Å². The van der Waals surface area contributed by atoms with Crippen LogP contribution in [0.3, 0.4) is 0 Å². The molecule has 24 heavy (non-hydrogen) atoms. The molecule has 0 atom stereocenters. The second-order valence-electron chi connectivity index (χ2n) is 5.31. The molecule has 0 aliphatic heterocycles. The molecule has 0 aliphatic carbocycles. The van der Waals surface area contributed by atoms with E-state index in [1.54, 1.807) is 19.4 Å². The molecule has 0 aliphatic rings. The lowest BCUT2D eigenvalue weighted by Gasteiger charge is -2.15. The Balaban J connectivity index is 2.39. The Kier molecular flexibility index (Phi) is 5.42. The van der Waals surface area contributed by atoms with Crippen molar-refractivity contribution in [1.29, 1.82) is 0 Å². The number of carbonyl (C=O) groups is 1. The average Bonchev–Trinajstić information content (AvgIpc) is 2.54. The van der Waals surface area contributed by atoms with Crippen molar-refractivity contribution in [1.82, 2.24) is 0 Å². The number of hydrogen-bond acceptors (Lipinski definition) is 5. The van der Waals surface area contributed by atoms with E-state index in [4.69, 9.17) is 14.6 Å². The molecule has 0 radical (unpaired) electrons. The van der Waals surface area contributed by atoms with Crippen molar-refractivity contribution < 1.29 is 24.5 Å². The first-order chi connectivity index (χ1) is 11.4. The van der Waals surface area contributed by atoms with Gasteiger partial charge in [0.25, 0.3) is 0 Å². The highest BCUT2D eigenvalue weighted by atomic mass is 16.5. The zero-order valence-electron chi connectivity index (χ0n) is 13.7. The van der Waals surface area contributed by atoms with Gasteiger partial charge in [-0.15, -0.1) is 0 Å². The molecule has 6 heteroatoms. The summed E-state index contributed by atoms with van der Waals surface area (Å²) in [6.45, 7) is 3.82. The molecular weight excluding hydrogens is 310 g/mol. The smallest absolute Gasteiger partial charge is 0.339 e. The largest absolute Gasteiger partial charge is 0.507 e. The minimum Gasteiger partial charge on any atom is -0.507 e. The van der Waals surface area contributed by atoms with Crippen molar-refractivity contribution >= 4 is 17.9 Å². The number of carboxylic acids is 1. The lowest BCUT2D eigenvalue weighted by Crippen LogP contribution is -2.08. The van der Waals surface area contributed by atoms with E-state index in [0.717, 1.165) is 0 Å². The Bertz CT molecular complexity index is 768. The highest BCUT2D eigenvalue weighted by Gasteiger charge is 2.12. The van der Waals surface area contributed by atoms with Crippen LogP contribution in [-0.4, -0.2) is 35.6 Å². The van der Waals surface area contributed by atoms with Crippen LogP contribution in [-0.2, 0) is 0 Å². The third-order valence-corrected chi connectivity index (χ3v) is 3.15. The van der Waals surface area contributed by atoms with Gasteiger partial charge in [0.2, 0.25) is 0 Å². The summed E-state index contributed by atoms with van der Waals surface area (Å²) in [5, 5.41) is 18.6. The summed E-state index contributed by atoms with van der Waals surface area (Å²) in [6, 6.07) is 9.55. The van der Waals surface area contributed by atoms with Crippen LogP contribution in [0.25, 0.3) is 0 Å². The topological polar surface area (TPSA) is 88.4 Å². The van der Waals surface area contributed by atoms with Gasteiger partial charge in [0.1, 0.15) is 11.3 Å². The predicted molar refractivity (Wildman–Crippen MR) is 91.1 cm³/mol. The maximum atomic E-state index is 11.1. The average molecular weight is 329 g/mol. The maximum Gasteiger partial charge on any atom is 0.339 e. The van der Waals surface area contributed by atoms with Crippen LogP contribution in [0.4, 0.5) is 5.69 Å². The van der Waals surface area contributed by atoms with Crippen molar-refractivity contribution in [3.05, 3.63) is 47.5 Å². The second kappa shape index (κ2) is 7.50. The maximum absolute atomic E-state index is 11.1. The van der Waals surface area contributed by atoms with Crippen molar-refractivity contribution in [2.75, 3.05) is 7.11 Å². The van der Waals surface area contributed by atoms with E-state index < -0.39 is 5.97 Å². The van der Waals surface area contributed by atoms with Gasteiger partial charge in [0.15, 0.2) is 11.5 Å². The number of phenols is 1. The zero-order valence-corrected chi connectivity index (χ0v) is 13.7. The van der Waals surface area contributed by atoms with E-state index in [9.17, 15) is 9.90 Å². The zero-order chi connectivity index (χ0) is 17.7. The molecule has 2 N–H and O–H groups in total. The number of aliphatic imine (C=N–C) groups is 1. The fourth-order valence-corrected chi connectivity index (χ4v) is 2.08. The lowest BCUT2D eigenvalue weighted by molar-refractivity contribution is 0.0693. The molecule has 0 saturated carbocycles. The molecule has 0 aromatic heterocycles. The summed E-state index contributed by atoms with van der Waals surface area (Å²) in [7, 11) is 1.56. The quantitative estimate of drug-likeness (QED) is 0.790. The Hall–Kier alpha value is -3.02. The molecule has 0 heterocycles. The number of para-hydroxylation sites is 1. The molecule has 0 bridgehead atoms. The Morgan fingerprint density at radius 1 is 1.25 bits per heavy atom. The van der Waals surface area contributed by atoms with Crippen LogP contribution in [0.15, 0.2) is 41.4 Å². The standard InChI is InChI=1S/C18H19NO5/c1-11(2)24-17-12(5-4-6-16(17)23-3)10-19-13-7-8-15(20)14(9-13)18(21)22/h4-11,20H,1-3H3,(H,21,22). The minimum absolute atomic E-state index is 0.0410. The molecule has 126 valence electrons. The molecule has 0 fully saturated rings. The first kappa shape index (κ1) is 17.3. The van der Waals surface area contributed by atoms with Crippen molar-refractivity contribution in [2.45, 2.75) is 20.0 Å². The first-order valence-electron chi connectivity index (χ1n) is 7.36. The van der Waals surface area contributed by atoms with E-state index in [2.05, 4.69) is 4.99 Å². The molecule has 0 spiro atoms. The highest BCUT2D eigenvalue weighted by molar-refractivity contribution is 5.92. The SMILES string of the molecule is COc1cccc(C=Nc2ccc(O)c(C(=O)O)c2)c1OC(C)C. The number of benzene rings is 2. The summed E-state index contributed by atoms with van der Waals surface area (Å²) < 4.78 is 11.1. The number of aromatic hydroxyl groups is 1. The predicted octanol–water partition coefficient (Wildman–Crippen LogP) is 3.64. The molecule has 2 aromatic rings. The highest BCUT2D eigenvalue weighted by Crippen LogP contribution is 2.31. The normalized spacial score (nSPS) is 11.0. The van der Waals surface area contributed by atoms with Crippen LogP contribution in [0.2, 0.25) is 0 Å². The van der Waals surface area contributed by atoms with Crippen LogP contribution in [0.1, 0.15) is 29.8 Å². The molecule has 0 unspecified atom stereocenters. The van der Waals surface area contributed by atoms with Gasteiger partial charge in [-0.2, -0.15) is 0 Å². The summed E-state index contributed by atoms with van der Waals surface area (Å²) in [6.07, 6.45) is 1.53.